The summed E-state index contributed by atoms with van der Waals surface area (Å²) in [7, 11) is 0. The topological polar surface area (TPSA) is 17.8 Å². The lowest BCUT2D eigenvalue weighted by Gasteiger charge is -2.03. The largest absolute Gasteiger partial charge is 0.436 e. The van der Waals surface area contributed by atoms with Gasteiger partial charge in [0.05, 0.1) is 16.4 Å². The number of aromatic nitrogens is 2. The summed E-state index contributed by atoms with van der Waals surface area (Å²) in [6, 6.07) is 8.54. The average Bonchev–Trinajstić information content (AvgIpc) is 2.57. The first kappa shape index (κ1) is 12.0. The van der Waals surface area contributed by atoms with Crippen LogP contribution >= 0.6 is 11.6 Å². The maximum atomic E-state index is 12.6. The molecule has 2 aromatic rings. The van der Waals surface area contributed by atoms with Gasteiger partial charge in [-0.3, -0.25) is 0 Å². The van der Waals surface area contributed by atoms with Gasteiger partial charge in [0, 0.05) is 0 Å². The van der Waals surface area contributed by atoms with E-state index in [9.17, 15) is 13.2 Å². The second kappa shape index (κ2) is 4.07. The van der Waals surface area contributed by atoms with Crippen LogP contribution in [0.15, 0.2) is 30.3 Å². The van der Waals surface area contributed by atoms with Crippen LogP contribution in [-0.2, 0) is 6.18 Å². The third-order valence-electron chi connectivity index (χ3n) is 2.31. The minimum atomic E-state index is -4.54. The molecule has 17 heavy (non-hydrogen) atoms. The van der Waals surface area contributed by atoms with Gasteiger partial charge in [0.2, 0.25) is 0 Å². The fourth-order valence-corrected chi connectivity index (χ4v) is 1.71. The maximum absolute atomic E-state index is 12.6. The molecule has 0 saturated carbocycles. The van der Waals surface area contributed by atoms with Crippen LogP contribution < -0.4 is 0 Å². The van der Waals surface area contributed by atoms with Crippen molar-refractivity contribution in [1.29, 1.82) is 0 Å². The molecule has 0 aliphatic carbocycles. The number of para-hydroxylation sites is 1. The Morgan fingerprint density at radius 3 is 2.24 bits per heavy atom. The lowest BCUT2D eigenvalue weighted by atomic mass is 10.3. The molecule has 0 fully saturated rings. The third kappa shape index (κ3) is 2.15. The highest BCUT2D eigenvalue weighted by atomic mass is 35.5. The Labute approximate surface area is 101 Å². The van der Waals surface area contributed by atoms with Crippen molar-refractivity contribution in [3.05, 3.63) is 46.7 Å². The predicted octanol–water partition coefficient (Wildman–Crippen LogP) is 3.85. The first-order chi connectivity index (χ1) is 7.91. The van der Waals surface area contributed by atoms with E-state index in [1.807, 2.05) is 0 Å². The SMILES string of the molecule is Cc1c(Cl)c(C(F)(F)F)nn1-c1ccccc1. The molecule has 0 aliphatic heterocycles. The quantitative estimate of drug-likeness (QED) is 0.761. The van der Waals surface area contributed by atoms with Crippen LogP contribution in [-0.4, -0.2) is 9.78 Å². The third-order valence-corrected chi connectivity index (χ3v) is 2.77. The Balaban J connectivity index is 2.59. The number of nitrogens with zero attached hydrogens (tertiary/aromatic N) is 2. The number of hydrogen-bond acceptors (Lipinski definition) is 1. The monoisotopic (exact) mass is 260 g/mol. The van der Waals surface area contributed by atoms with E-state index in [4.69, 9.17) is 11.6 Å². The van der Waals surface area contributed by atoms with E-state index < -0.39 is 11.9 Å². The van der Waals surface area contributed by atoms with E-state index in [1.165, 1.54) is 11.6 Å². The minimum absolute atomic E-state index is 0.269. The van der Waals surface area contributed by atoms with Crippen molar-refractivity contribution in [3.63, 3.8) is 0 Å². The molecular formula is C11H8ClF3N2. The lowest BCUT2D eigenvalue weighted by Crippen LogP contribution is -2.07. The van der Waals surface area contributed by atoms with Gasteiger partial charge in [-0.2, -0.15) is 18.3 Å². The first-order valence-electron chi connectivity index (χ1n) is 4.79. The van der Waals surface area contributed by atoms with Gasteiger partial charge in [0.1, 0.15) is 0 Å². The lowest BCUT2D eigenvalue weighted by molar-refractivity contribution is -0.141. The van der Waals surface area contributed by atoms with Crippen LogP contribution in [0, 0.1) is 6.92 Å². The summed E-state index contributed by atoms with van der Waals surface area (Å²) in [5.41, 5.74) is -0.242. The Bertz CT molecular complexity index is 532. The van der Waals surface area contributed by atoms with Crippen LogP contribution in [0.1, 0.15) is 11.4 Å². The normalized spacial score (nSPS) is 11.8. The van der Waals surface area contributed by atoms with E-state index in [2.05, 4.69) is 5.10 Å². The molecule has 0 radical (unpaired) electrons. The highest BCUT2D eigenvalue weighted by molar-refractivity contribution is 6.32. The number of benzene rings is 1. The van der Waals surface area contributed by atoms with Crippen molar-refractivity contribution in [2.24, 2.45) is 0 Å². The summed E-state index contributed by atoms with van der Waals surface area (Å²) in [6.07, 6.45) is -4.54. The van der Waals surface area contributed by atoms with E-state index >= 15 is 0 Å². The molecule has 0 bridgehead atoms. The number of hydrogen-bond donors (Lipinski definition) is 0. The van der Waals surface area contributed by atoms with Gasteiger partial charge in [0.15, 0.2) is 5.69 Å². The van der Waals surface area contributed by atoms with Crippen LogP contribution in [0.25, 0.3) is 5.69 Å². The molecule has 90 valence electrons. The molecule has 1 aromatic heterocycles. The smallest absolute Gasteiger partial charge is 0.236 e. The second-order valence-corrected chi connectivity index (χ2v) is 3.87. The van der Waals surface area contributed by atoms with Crippen LogP contribution in [0.3, 0.4) is 0 Å². The van der Waals surface area contributed by atoms with E-state index in [1.54, 1.807) is 30.3 Å². The Morgan fingerprint density at radius 1 is 1.18 bits per heavy atom. The van der Waals surface area contributed by atoms with Gasteiger partial charge in [-0.25, -0.2) is 4.68 Å². The molecule has 0 N–H and O–H groups in total. The standard InChI is InChI=1S/C11H8ClF3N2/c1-7-9(12)10(11(13,14)15)16-17(7)8-5-3-2-4-6-8/h2-6H,1H3. The van der Waals surface area contributed by atoms with Crippen molar-refractivity contribution in [2.45, 2.75) is 13.1 Å². The summed E-state index contributed by atoms with van der Waals surface area (Å²) < 4.78 is 39.0. The van der Waals surface area contributed by atoms with Gasteiger partial charge >= 0.3 is 6.18 Å². The fourth-order valence-electron chi connectivity index (χ4n) is 1.48. The van der Waals surface area contributed by atoms with Crippen molar-refractivity contribution in [2.75, 3.05) is 0 Å². The molecule has 0 saturated heterocycles. The van der Waals surface area contributed by atoms with Crippen molar-refractivity contribution in [3.8, 4) is 5.69 Å². The van der Waals surface area contributed by atoms with Gasteiger partial charge in [0.25, 0.3) is 0 Å². The zero-order chi connectivity index (χ0) is 12.6. The molecule has 6 heteroatoms. The number of halogens is 4. The Kier molecular flexibility index (Phi) is 2.87. The summed E-state index contributed by atoms with van der Waals surface area (Å²) in [5, 5.41) is 3.15. The van der Waals surface area contributed by atoms with Gasteiger partial charge < -0.3 is 0 Å². The van der Waals surface area contributed by atoms with E-state index in [0.29, 0.717) is 5.69 Å². The molecule has 1 heterocycles. The van der Waals surface area contributed by atoms with Gasteiger partial charge in [-0.15, -0.1) is 0 Å². The molecular weight excluding hydrogens is 253 g/mol. The zero-order valence-corrected chi connectivity index (χ0v) is 9.55. The number of rotatable bonds is 1. The second-order valence-electron chi connectivity index (χ2n) is 3.49. The minimum Gasteiger partial charge on any atom is -0.236 e. The average molecular weight is 261 g/mol. The molecule has 0 amide bonds. The first-order valence-corrected chi connectivity index (χ1v) is 5.17. The van der Waals surface area contributed by atoms with Crippen LogP contribution in [0.5, 0.6) is 0 Å². The zero-order valence-electron chi connectivity index (χ0n) is 8.79. The van der Waals surface area contributed by atoms with E-state index in [0.717, 1.165) is 0 Å². The molecule has 1 aromatic carbocycles. The summed E-state index contributed by atoms with van der Waals surface area (Å²) in [4.78, 5) is 0. The van der Waals surface area contributed by atoms with Crippen LogP contribution in [0.2, 0.25) is 5.02 Å². The molecule has 0 atom stereocenters. The summed E-state index contributed by atoms with van der Waals surface area (Å²) >= 11 is 5.65. The Morgan fingerprint density at radius 2 is 1.76 bits per heavy atom. The summed E-state index contributed by atoms with van der Waals surface area (Å²) in [6.45, 7) is 1.50. The molecule has 0 spiro atoms. The molecule has 2 rings (SSSR count). The Hall–Kier alpha value is -1.49. The predicted molar refractivity (Wildman–Crippen MR) is 58.3 cm³/mol. The molecule has 0 unspecified atom stereocenters. The molecule has 0 aliphatic rings. The van der Waals surface area contributed by atoms with Gasteiger partial charge in [-0.05, 0) is 19.1 Å². The van der Waals surface area contributed by atoms with Crippen molar-refractivity contribution in [1.82, 2.24) is 9.78 Å². The van der Waals surface area contributed by atoms with Gasteiger partial charge in [-0.1, -0.05) is 29.8 Å². The highest BCUT2D eigenvalue weighted by Gasteiger charge is 2.38. The summed E-state index contributed by atoms with van der Waals surface area (Å²) in [5.74, 6) is 0. The molecule has 2 nitrogen and oxygen atoms in total. The van der Waals surface area contributed by atoms with Crippen molar-refractivity contribution >= 4 is 11.6 Å². The van der Waals surface area contributed by atoms with Crippen molar-refractivity contribution < 1.29 is 13.2 Å². The van der Waals surface area contributed by atoms with Crippen LogP contribution in [0.4, 0.5) is 13.2 Å². The van der Waals surface area contributed by atoms with E-state index in [-0.39, 0.29) is 10.7 Å². The fraction of sp³-hybridized carbons (Fsp3) is 0.182. The number of alkyl halides is 3. The maximum Gasteiger partial charge on any atom is 0.436 e. The highest BCUT2D eigenvalue weighted by Crippen LogP contribution is 2.35.